The largest absolute Gasteiger partial charge is 0.378 e. The van der Waals surface area contributed by atoms with Gasteiger partial charge in [-0.1, -0.05) is 19.1 Å². The minimum atomic E-state index is 0.507. The average molecular weight is 257 g/mol. The van der Waals surface area contributed by atoms with E-state index in [1.165, 1.54) is 36.1 Å². The molecule has 1 heterocycles. The number of hydrogen-bond acceptors (Lipinski definition) is 2. The van der Waals surface area contributed by atoms with E-state index in [1.54, 1.807) is 4.88 Å². The summed E-state index contributed by atoms with van der Waals surface area (Å²) in [6.07, 6.45) is 4.93. The predicted molar refractivity (Wildman–Crippen MR) is 79.4 cm³/mol. The smallest absolute Gasteiger partial charge is 0.0524 e. The van der Waals surface area contributed by atoms with Crippen molar-refractivity contribution >= 4 is 17.0 Å². The molecule has 2 heteroatoms. The molecular weight excluding hydrogens is 238 g/mol. The summed E-state index contributed by atoms with van der Waals surface area (Å²) in [6.45, 7) is 2.20. The summed E-state index contributed by atoms with van der Waals surface area (Å²) in [6, 6.07) is 11.7. The second-order valence-electron chi connectivity index (χ2n) is 4.94. The van der Waals surface area contributed by atoms with Crippen LogP contribution in [0.4, 0.5) is 5.69 Å². The summed E-state index contributed by atoms with van der Waals surface area (Å²) in [5.74, 6) is 0. The Balaban J connectivity index is 1.77. The van der Waals surface area contributed by atoms with Gasteiger partial charge in [-0.2, -0.15) is 0 Å². The Morgan fingerprint density at radius 1 is 1.22 bits per heavy atom. The quantitative estimate of drug-likeness (QED) is 0.832. The van der Waals surface area contributed by atoms with Gasteiger partial charge in [0.05, 0.1) is 6.04 Å². The van der Waals surface area contributed by atoms with Gasteiger partial charge in [0.1, 0.15) is 0 Å². The standard InChI is InChI=1S/C16H19NS/c1-2-12-6-8-13(9-7-12)17-15-4-3-5-16-14(15)10-11-18-16/h6-11,15,17H,2-5H2,1H3. The van der Waals surface area contributed by atoms with Crippen molar-refractivity contribution in [1.29, 1.82) is 0 Å². The molecule has 1 N–H and O–H groups in total. The van der Waals surface area contributed by atoms with Crippen molar-refractivity contribution in [2.45, 2.75) is 38.6 Å². The van der Waals surface area contributed by atoms with Crippen molar-refractivity contribution < 1.29 is 0 Å². The molecule has 0 saturated heterocycles. The van der Waals surface area contributed by atoms with Gasteiger partial charge in [0, 0.05) is 10.6 Å². The highest BCUT2D eigenvalue weighted by Gasteiger charge is 2.20. The van der Waals surface area contributed by atoms with E-state index < -0.39 is 0 Å². The number of rotatable bonds is 3. The third-order valence-corrected chi connectivity index (χ3v) is 4.75. The number of fused-ring (bicyclic) bond motifs is 1. The van der Waals surface area contributed by atoms with Crippen molar-refractivity contribution in [2.75, 3.05) is 5.32 Å². The first-order valence-corrected chi connectivity index (χ1v) is 7.66. The number of thiophene rings is 1. The van der Waals surface area contributed by atoms with Gasteiger partial charge in [-0.05, 0) is 60.4 Å². The molecule has 0 radical (unpaired) electrons. The van der Waals surface area contributed by atoms with Gasteiger partial charge >= 0.3 is 0 Å². The molecule has 1 atom stereocenters. The third-order valence-electron chi connectivity index (χ3n) is 3.76. The molecular formula is C16H19NS. The van der Waals surface area contributed by atoms with E-state index in [1.807, 2.05) is 11.3 Å². The Bertz CT molecular complexity index is 512. The normalized spacial score (nSPS) is 18.4. The topological polar surface area (TPSA) is 12.0 Å². The van der Waals surface area contributed by atoms with Crippen LogP contribution in [0, 0.1) is 0 Å². The summed E-state index contributed by atoms with van der Waals surface area (Å²) in [4.78, 5) is 1.57. The van der Waals surface area contributed by atoms with Crippen LogP contribution in [0.25, 0.3) is 0 Å². The maximum absolute atomic E-state index is 3.68. The first-order valence-electron chi connectivity index (χ1n) is 6.78. The lowest BCUT2D eigenvalue weighted by Crippen LogP contribution is -2.15. The lowest BCUT2D eigenvalue weighted by Gasteiger charge is -2.24. The highest BCUT2D eigenvalue weighted by atomic mass is 32.1. The highest BCUT2D eigenvalue weighted by Crippen LogP contribution is 2.35. The SMILES string of the molecule is CCc1ccc(NC2CCCc3sccc32)cc1. The van der Waals surface area contributed by atoms with Crippen LogP contribution >= 0.6 is 11.3 Å². The van der Waals surface area contributed by atoms with Gasteiger partial charge in [-0.25, -0.2) is 0 Å². The maximum atomic E-state index is 3.68. The minimum absolute atomic E-state index is 0.507. The molecule has 0 spiro atoms. The summed E-state index contributed by atoms with van der Waals surface area (Å²) >= 11 is 1.91. The molecule has 0 bridgehead atoms. The van der Waals surface area contributed by atoms with Crippen LogP contribution in [0.5, 0.6) is 0 Å². The van der Waals surface area contributed by atoms with E-state index >= 15 is 0 Å². The first-order chi connectivity index (χ1) is 8.86. The van der Waals surface area contributed by atoms with Crippen molar-refractivity contribution in [3.63, 3.8) is 0 Å². The zero-order chi connectivity index (χ0) is 12.4. The molecule has 1 aliphatic carbocycles. The number of benzene rings is 1. The molecule has 0 fully saturated rings. The van der Waals surface area contributed by atoms with Gasteiger partial charge in [-0.15, -0.1) is 11.3 Å². The molecule has 94 valence electrons. The van der Waals surface area contributed by atoms with Crippen molar-refractivity contribution in [1.82, 2.24) is 0 Å². The molecule has 1 aromatic heterocycles. The number of nitrogens with one attached hydrogen (secondary N) is 1. The van der Waals surface area contributed by atoms with Gasteiger partial charge in [-0.3, -0.25) is 0 Å². The van der Waals surface area contributed by atoms with E-state index in [4.69, 9.17) is 0 Å². The van der Waals surface area contributed by atoms with Crippen molar-refractivity contribution in [3.8, 4) is 0 Å². The van der Waals surface area contributed by atoms with Gasteiger partial charge in [0.2, 0.25) is 0 Å². The second-order valence-corrected chi connectivity index (χ2v) is 5.94. The molecule has 1 unspecified atom stereocenters. The van der Waals surface area contributed by atoms with Crippen LogP contribution in [-0.4, -0.2) is 0 Å². The molecule has 0 aliphatic heterocycles. The van der Waals surface area contributed by atoms with Crippen molar-refractivity contribution in [2.24, 2.45) is 0 Å². The third kappa shape index (κ3) is 2.30. The highest BCUT2D eigenvalue weighted by molar-refractivity contribution is 7.10. The van der Waals surface area contributed by atoms with E-state index in [9.17, 15) is 0 Å². The number of anilines is 1. The number of hydrogen-bond donors (Lipinski definition) is 1. The summed E-state index contributed by atoms with van der Waals surface area (Å²) in [7, 11) is 0. The van der Waals surface area contributed by atoms with Crippen LogP contribution < -0.4 is 5.32 Å². The molecule has 18 heavy (non-hydrogen) atoms. The van der Waals surface area contributed by atoms with Crippen LogP contribution in [0.1, 0.15) is 41.8 Å². The lowest BCUT2D eigenvalue weighted by atomic mass is 9.94. The van der Waals surface area contributed by atoms with Gasteiger partial charge in [0.15, 0.2) is 0 Å². The Kier molecular flexibility index (Phi) is 3.37. The summed E-state index contributed by atoms with van der Waals surface area (Å²) in [5, 5.41) is 5.91. The fourth-order valence-corrected chi connectivity index (χ4v) is 3.66. The van der Waals surface area contributed by atoms with Crippen LogP contribution in [0.2, 0.25) is 0 Å². The monoisotopic (exact) mass is 257 g/mol. The molecule has 2 aromatic rings. The first kappa shape index (κ1) is 11.8. The molecule has 0 saturated carbocycles. The van der Waals surface area contributed by atoms with E-state index in [0.29, 0.717) is 6.04 Å². The Morgan fingerprint density at radius 3 is 2.83 bits per heavy atom. The summed E-state index contributed by atoms with van der Waals surface area (Å²) in [5.41, 5.74) is 4.17. The number of aryl methyl sites for hydroxylation is 2. The predicted octanol–water partition coefficient (Wildman–Crippen LogP) is 4.80. The van der Waals surface area contributed by atoms with Crippen LogP contribution in [-0.2, 0) is 12.8 Å². The average Bonchev–Trinajstić information content (AvgIpc) is 2.89. The van der Waals surface area contributed by atoms with E-state index in [-0.39, 0.29) is 0 Å². The molecule has 3 rings (SSSR count). The zero-order valence-corrected chi connectivity index (χ0v) is 11.6. The van der Waals surface area contributed by atoms with Gasteiger partial charge < -0.3 is 5.32 Å². The zero-order valence-electron chi connectivity index (χ0n) is 10.8. The second kappa shape index (κ2) is 5.15. The Morgan fingerprint density at radius 2 is 2.06 bits per heavy atom. The van der Waals surface area contributed by atoms with Crippen LogP contribution in [0.3, 0.4) is 0 Å². The van der Waals surface area contributed by atoms with Gasteiger partial charge in [0.25, 0.3) is 0 Å². The van der Waals surface area contributed by atoms with E-state index in [2.05, 4.69) is 48.0 Å². The Labute approximate surface area is 113 Å². The molecule has 1 aliphatic rings. The molecule has 0 amide bonds. The fraction of sp³-hybridized carbons (Fsp3) is 0.375. The maximum Gasteiger partial charge on any atom is 0.0524 e. The fourth-order valence-electron chi connectivity index (χ4n) is 2.67. The molecule has 1 nitrogen and oxygen atoms in total. The van der Waals surface area contributed by atoms with Crippen molar-refractivity contribution in [3.05, 3.63) is 51.7 Å². The summed E-state index contributed by atoms with van der Waals surface area (Å²) < 4.78 is 0. The minimum Gasteiger partial charge on any atom is -0.378 e. The lowest BCUT2D eigenvalue weighted by molar-refractivity contribution is 0.609. The molecule has 1 aromatic carbocycles. The van der Waals surface area contributed by atoms with E-state index in [0.717, 1.165) is 6.42 Å². The van der Waals surface area contributed by atoms with Crippen LogP contribution in [0.15, 0.2) is 35.7 Å². The Hall–Kier alpha value is -1.28.